The van der Waals surface area contributed by atoms with Gasteiger partial charge < -0.3 is 20.0 Å². The molecule has 0 aromatic heterocycles. The molecule has 2 unspecified atom stereocenters. The average Bonchev–Trinajstić information content (AvgIpc) is 2.90. The monoisotopic (exact) mass is 560 g/mol. The SMILES string of the molecule is CN(C(=O)CC(O)/C=C/CCSS(=O)(=O)CC/C=C/C(O)CC(=O)N(C)c1ccccc1)c1ccccc1. The number of hydrogen-bond donors (Lipinski definition) is 2. The maximum absolute atomic E-state index is 12.3. The Morgan fingerprint density at radius 1 is 0.789 bits per heavy atom. The van der Waals surface area contributed by atoms with Crippen molar-refractivity contribution in [2.45, 2.75) is 37.9 Å². The summed E-state index contributed by atoms with van der Waals surface area (Å²) < 4.78 is 24.5. The van der Waals surface area contributed by atoms with Crippen LogP contribution in [-0.2, 0) is 18.5 Å². The van der Waals surface area contributed by atoms with Crippen molar-refractivity contribution in [3.05, 3.63) is 85.0 Å². The summed E-state index contributed by atoms with van der Waals surface area (Å²) in [5.74, 6) is -0.250. The highest BCUT2D eigenvalue weighted by Crippen LogP contribution is 2.17. The van der Waals surface area contributed by atoms with Crippen LogP contribution in [0, 0.1) is 0 Å². The van der Waals surface area contributed by atoms with Gasteiger partial charge in [0.05, 0.1) is 30.8 Å². The fourth-order valence-corrected chi connectivity index (χ4v) is 6.10. The van der Waals surface area contributed by atoms with E-state index in [0.717, 1.165) is 22.2 Å². The van der Waals surface area contributed by atoms with Crippen molar-refractivity contribution in [3.63, 3.8) is 0 Å². The zero-order valence-corrected chi connectivity index (χ0v) is 23.4. The van der Waals surface area contributed by atoms with Gasteiger partial charge in [-0.05, 0) is 47.9 Å². The van der Waals surface area contributed by atoms with Crippen LogP contribution in [0.25, 0.3) is 0 Å². The molecule has 10 heteroatoms. The van der Waals surface area contributed by atoms with Crippen LogP contribution < -0.4 is 9.80 Å². The van der Waals surface area contributed by atoms with Crippen LogP contribution in [-0.4, -0.2) is 68.3 Å². The van der Waals surface area contributed by atoms with E-state index in [1.54, 1.807) is 38.4 Å². The molecule has 2 aromatic carbocycles. The smallest absolute Gasteiger partial charge is 0.229 e. The second kappa shape index (κ2) is 16.1. The van der Waals surface area contributed by atoms with Gasteiger partial charge in [0.25, 0.3) is 0 Å². The highest BCUT2D eigenvalue weighted by Gasteiger charge is 2.16. The number of aliphatic hydroxyl groups is 2. The zero-order chi connectivity index (χ0) is 28.0. The molecule has 0 bridgehead atoms. The standard InChI is InChI=1S/C28H36N2O6S2/c1-29(23-13-5-3-6-14-23)27(33)21-25(31)17-9-11-19-37-38(35,36)20-12-10-18-26(32)22-28(34)30(2)24-15-7-4-8-16-24/h3-10,13-18,25-26,31-32H,11-12,19-22H2,1-2H3/b17-9+,18-10+. The van der Waals surface area contributed by atoms with Gasteiger partial charge >= 0.3 is 0 Å². The number of aliphatic hydroxyl groups excluding tert-OH is 2. The number of hydrogen-bond acceptors (Lipinski definition) is 7. The van der Waals surface area contributed by atoms with Crippen molar-refractivity contribution in [2.24, 2.45) is 0 Å². The van der Waals surface area contributed by atoms with Crippen molar-refractivity contribution in [2.75, 3.05) is 35.4 Å². The van der Waals surface area contributed by atoms with E-state index in [0.29, 0.717) is 12.2 Å². The minimum atomic E-state index is -3.36. The Labute approximate surface area is 229 Å². The molecule has 38 heavy (non-hydrogen) atoms. The van der Waals surface area contributed by atoms with E-state index in [1.165, 1.54) is 22.0 Å². The highest BCUT2D eigenvalue weighted by molar-refractivity contribution is 8.72. The number of benzene rings is 2. The first kappa shape index (κ1) is 31.3. The third-order valence-corrected chi connectivity index (χ3v) is 9.18. The summed E-state index contributed by atoms with van der Waals surface area (Å²) in [4.78, 5) is 27.5. The maximum Gasteiger partial charge on any atom is 0.229 e. The van der Waals surface area contributed by atoms with Gasteiger partial charge in [0.2, 0.25) is 20.7 Å². The zero-order valence-electron chi connectivity index (χ0n) is 21.7. The van der Waals surface area contributed by atoms with Crippen LogP contribution in [0.5, 0.6) is 0 Å². The van der Waals surface area contributed by atoms with Gasteiger partial charge in [0, 0.05) is 31.2 Å². The lowest BCUT2D eigenvalue weighted by molar-refractivity contribution is -0.120. The molecule has 0 spiro atoms. The first-order chi connectivity index (χ1) is 18.1. The van der Waals surface area contributed by atoms with Gasteiger partial charge in [0.15, 0.2) is 0 Å². The Hall–Kier alpha value is -2.92. The van der Waals surface area contributed by atoms with Crippen molar-refractivity contribution < 1.29 is 28.2 Å². The molecule has 2 atom stereocenters. The number of nitrogens with zero attached hydrogens (tertiary/aromatic N) is 2. The number of carbonyl (C=O) groups excluding carboxylic acids is 2. The van der Waals surface area contributed by atoms with Crippen LogP contribution in [0.15, 0.2) is 85.0 Å². The number of allylic oxidation sites excluding steroid dienone is 2. The highest BCUT2D eigenvalue weighted by atomic mass is 33.1. The van der Waals surface area contributed by atoms with E-state index in [1.807, 2.05) is 48.5 Å². The van der Waals surface area contributed by atoms with Gasteiger partial charge in [-0.2, -0.15) is 0 Å². The van der Waals surface area contributed by atoms with Crippen LogP contribution in [0.1, 0.15) is 25.7 Å². The van der Waals surface area contributed by atoms with E-state index < -0.39 is 21.1 Å². The van der Waals surface area contributed by atoms with Crippen molar-refractivity contribution in [3.8, 4) is 0 Å². The van der Waals surface area contributed by atoms with Crippen molar-refractivity contribution in [1.29, 1.82) is 0 Å². The Morgan fingerprint density at radius 2 is 1.21 bits per heavy atom. The molecule has 0 heterocycles. The third kappa shape index (κ3) is 11.6. The summed E-state index contributed by atoms with van der Waals surface area (Å²) in [5, 5.41) is 20.2. The van der Waals surface area contributed by atoms with Crippen LogP contribution >= 0.6 is 10.8 Å². The van der Waals surface area contributed by atoms with Gasteiger partial charge in [-0.15, -0.1) is 0 Å². The Bertz CT molecular complexity index is 1170. The number of anilines is 2. The van der Waals surface area contributed by atoms with Crippen LogP contribution in [0.4, 0.5) is 11.4 Å². The molecule has 2 N–H and O–H groups in total. The van der Waals surface area contributed by atoms with Crippen LogP contribution in [0.3, 0.4) is 0 Å². The third-order valence-electron chi connectivity index (χ3n) is 5.60. The Morgan fingerprint density at radius 3 is 1.66 bits per heavy atom. The molecule has 2 amide bonds. The maximum atomic E-state index is 12.3. The van der Waals surface area contributed by atoms with Crippen molar-refractivity contribution in [1.82, 2.24) is 0 Å². The summed E-state index contributed by atoms with van der Waals surface area (Å²) in [6.07, 6.45) is 4.71. The molecule has 8 nitrogen and oxygen atoms in total. The molecule has 0 saturated heterocycles. The fourth-order valence-electron chi connectivity index (χ4n) is 3.38. The van der Waals surface area contributed by atoms with Crippen molar-refractivity contribution >= 4 is 42.9 Å². The lowest BCUT2D eigenvalue weighted by Gasteiger charge is -2.18. The molecule has 2 rings (SSSR count). The predicted octanol–water partition coefficient (Wildman–Crippen LogP) is 3.77. The van der Waals surface area contributed by atoms with Gasteiger partial charge in [-0.1, -0.05) is 60.7 Å². The molecule has 0 aliphatic heterocycles. The average molecular weight is 561 g/mol. The Balaban J connectivity index is 1.64. The van der Waals surface area contributed by atoms with E-state index in [9.17, 15) is 28.2 Å². The molecule has 2 aromatic rings. The van der Waals surface area contributed by atoms with Gasteiger partial charge in [-0.3, -0.25) is 9.59 Å². The van der Waals surface area contributed by atoms with Crippen LogP contribution in [0.2, 0.25) is 0 Å². The minimum Gasteiger partial charge on any atom is -0.389 e. The molecule has 0 aliphatic rings. The first-order valence-corrected chi connectivity index (χ1v) is 15.4. The second-order valence-corrected chi connectivity index (χ2v) is 13.0. The summed E-state index contributed by atoms with van der Waals surface area (Å²) in [5.41, 5.74) is 1.47. The van der Waals surface area contributed by atoms with E-state index in [4.69, 9.17) is 0 Å². The minimum absolute atomic E-state index is 0.0698. The molecular weight excluding hydrogens is 524 g/mol. The number of para-hydroxylation sites is 2. The quantitative estimate of drug-likeness (QED) is 0.194. The molecule has 0 radical (unpaired) electrons. The summed E-state index contributed by atoms with van der Waals surface area (Å²) in [7, 11) is 0.748. The normalized spacial score (nSPS) is 13.5. The fraction of sp³-hybridized carbons (Fsp3) is 0.357. The first-order valence-electron chi connectivity index (χ1n) is 12.3. The summed E-state index contributed by atoms with van der Waals surface area (Å²) in [6, 6.07) is 18.2. The molecule has 0 saturated carbocycles. The van der Waals surface area contributed by atoms with E-state index >= 15 is 0 Å². The molecule has 0 fully saturated rings. The Kier molecular flexibility index (Phi) is 13.3. The lowest BCUT2D eigenvalue weighted by atomic mass is 10.2. The van der Waals surface area contributed by atoms with Gasteiger partial charge in [0.1, 0.15) is 0 Å². The summed E-state index contributed by atoms with van der Waals surface area (Å²) in [6.45, 7) is 0. The summed E-state index contributed by atoms with van der Waals surface area (Å²) >= 11 is 0. The largest absolute Gasteiger partial charge is 0.389 e. The number of rotatable bonds is 15. The molecular formula is C28H36N2O6S2. The molecule has 0 aliphatic carbocycles. The predicted molar refractivity (Wildman–Crippen MR) is 155 cm³/mol. The van der Waals surface area contributed by atoms with E-state index in [-0.39, 0.29) is 36.8 Å². The van der Waals surface area contributed by atoms with Gasteiger partial charge in [-0.25, -0.2) is 8.42 Å². The lowest BCUT2D eigenvalue weighted by Crippen LogP contribution is -2.29. The van der Waals surface area contributed by atoms with E-state index in [2.05, 4.69) is 0 Å². The number of carbonyl (C=O) groups is 2. The second-order valence-electron chi connectivity index (χ2n) is 8.64. The molecule has 206 valence electrons. The topological polar surface area (TPSA) is 115 Å². The number of amides is 2.